The van der Waals surface area contributed by atoms with E-state index in [0.29, 0.717) is 5.92 Å². The molecule has 1 atom stereocenters. The second-order valence-corrected chi connectivity index (χ2v) is 7.36. The van der Waals surface area contributed by atoms with Gasteiger partial charge in [-0.3, -0.25) is 4.90 Å². The molecule has 116 valence electrons. The van der Waals surface area contributed by atoms with Crippen molar-refractivity contribution in [3.63, 3.8) is 0 Å². The zero-order chi connectivity index (χ0) is 14.7. The van der Waals surface area contributed by atoms with E-state index in [2.05, 4.69) is 42.2 Å². The molecule has 0 spiro atoms. The fourth-order valence-corrected chi connectivity index (χ4v) is 4.26. The van der Waals surface area contributed by atoms with Crippen molar-refractivity contribution < 1.29 is 5.11 Å². The maximum atomic E-state index is 11.2. The lowest BCUT2D eigenvalue weighted by atomic mass is 9.71. The van der Waals surface area contributed by atoms with E-state index in [4.69, 9.17) is 0 Å². The fourth-order valence-electron chi connectivity index (χ4n) is 4.26. The third-order valence-electron chi connectivity index (χ3n) is 5.61. The molecular formula is C19H29NO. The van der Waals surface area contributed by atoms with Crippen LogP contribution in [0.15, 0.2) is 30.3 Å². The van der Waals surface area contributed by atoms with Gasteiger partial charge in [-0.25, -0.2) is 0 Å². The molecule has 1 aromatic carbocycles. The highest BCUT2D eigenvalue weighted by molar-refractivity contribution is 5.14. The molecule has 0 aromatic heterocycles. The molecule has 21 heavy (non-hydrogen) atoms. The van der Waals surface area contributed by atoms with Crippen molar-refractivity contribution in [3.8, 4) is 0 Å². The van der Waals surface area contributed by atoms with Gasteiger partial charge >= 0.3 is 0 Å². The van der Waals surface area contributed by atoms with Crippen molar-refractivity contribution in [3.05, 3.63) is 35.9 Å². The van der Waals surface area contributed by atoms with Gasteiger partial charge in [0.2, 0.25) is 0 Å². The number of piperidine rings is 1. The van der Waals surface area contributed by atoms with E-state index >= 15 is 0 Å². The Balaban J connectivity index is 1.62. The molecule has 2 heteroatoms. The zero-order valence-corrected chi connectivity index (χ0v) is 13.3. The molecule has 1 aliphatic carbocycles. The summed E-state index contributed by atoms with van der Waals surface area (Å²) in [5.41, 5.74) is 0.923. The SMILES string of the molecule is CC1CCC(C2(O)CCCN(Cc3ccccc3)C2)CC1. The minimum atomic E-state index is -0.437. The summed E-state index contributed by atoms with van der Waals surface area (Å²) >= 11 is 0. The summed E-state index contributed by atoms with van der Waals surface area (Å²) in [6, 6.07) is 10.7. The first kappa shape index (κ1) is 15.1. The normalized spacial score (nSPS) is 34.8. The number of benzene rings is 1. The van der Waals surface area contributed by atoms with Gasteiger partial charge in [-0.1, -0.05) is 50.1 Å². The monoisotopic (exact) mass is 287 g/mol. The second-order valence-electron chi connectivity index (χ2n) is 7.36. The summed E-state index contributed by atoms with van der Waals surface area (Å²) in [4.78, 5) is 2.46. The molecule has 2 nitrogen and oxygen atoms in total. The Morgan fingerprint density at radius 1 is 1.14 bits per heavy atom. The van der Waals surface area contributed by atoms with Gasteiger partial charge in [0, 0.05) is 13.1 Å². The van der Waals surface area contributed by atoms with E-state index < -0.39 is 5.60 Å². The van der Waals surface area contributed by atoms with Crippen LogP contribution in [-0.4, -0.2) is 28.7 Å². The van der Waals surface area contributed by atoms with Gasteiger partial charge in [0.15, 0.2) is 0 Å². The topological polar surface area (TPSA) is 23.5 Å². The number of likely N-dealkylation sites (tertiary alicyclic amines) is 1. The first-order valence-electron chi connectivity index (χ1n) is 8.64. The highest BCUT2D eigenvalue weighted by atomic mass is 16.3. The Labute approximate surface area is 129 Å². The van der Waals surface area contributed by atoms with Crippen LogP contribution in [0.5, 0.6) is 0 Å². The Hall–Kier alpha value is -0.860. The van der Waals surface area contributed by atoms with E-state index in [0.717, 1.165) is 38.4 Å². The molecule has 1 aromatic rings. The highest BCUT2D eigenvalue weighted by Gasteiger charge is 2.41. The Bertz CT molecular complexity index is 438. The van der Waals surface area contributed by atoms with Gasteiger partial charge in [-0.05, 0) is 49.6 Å². The average molecular weight is 287 g/mol. The van der Waals surface area contributed by atoms with Crippen LogP contribution in [0, 0.1) is 11.8 Å². The van der Waals surface area contributed by atoms with Crippen molar-refractivity contribution in [2.24, 2.45) is 11.8 Å². The quantitative estimate of drug-likeness (QED) is 0.913. The molecule has 1 N–H and O–H groups in total. The number of rotatable bonds is 3. The minimum Gasteiger partial charge on any atom is -0.388 e. The van der Waals surface area contributed by atoms with Gasteiger partial charge in [-0.15, -0.1) is 0 Å². The van der Waals surface area contributed by atoms with Gasteiger partial charge in [-0.2, -0.15) is 0 Å². The zero-order valence-electron chi connectivity index (χ0n) is 13.3. The smallest absolute Gasteiger partial charge is 0.0802 e. The molecule has 0 bridgehead atoms. The van der Waals surface area contributed by atoms with Crippen LogP contribution < -0.4 is 0 Å². The Kier molecular flexibility index (Phi) is 4.66. The van der Waals surface area contributed by atoms with Crippen molar-refractivity contribution in [2.75, 3.05) is 13.1 Å². The fraction of sp³-hybridized carbons (Fsp3) is 0.684. The highest BCUT2D eigenvalue weighted by Crippen LogP contribution is 2.39. The lowest BCUT2D eigenvalue weighted by Gasteiger charge is -2.46. The third kappa shape index (κ3) is 3.67. The molecule has 1 heterocycles. The summed E-state index contributed by atoms with van der Waals surface area (Å²) in [5.74, 6) is 1.38. The second kappa shape index (κ2) is 6.50. The minimum absolute atomic E-state index is 0.437. The van der Waals surface area contributed by atoms with Crippen molar-refractivity contribution >= 4 is 0 Å². The number of nitrogens with zero attached hydrogens (tertiary/aromatic N) is 1. The molecular weight excluding hydrogens is 258 g/mol. The lowest BCUT2D eigenvalue weighted by molar-refractivity contribution is -0.0889. The van der Waals surface area contributed by atoms with Gasteiger partial charge in [0.25, 0.3) is 0 Å². The first-order chi connectivity index (χ1) is 10.2. The first-order valence-corrected chi connectivity index (χ1v) is 8.64. The number of β-amino-alcohol motifs (C(OH)–C–C–N with tert-alkyl or cyclic N) is 1. The summed E-state index contributed by atoms with van der Waals surface area (Å²) < 4.78 is 0. The van der Waals surface area contributed by atoms with Crippen molar-refractivity contribution in [2.45, 2.75) is 57.6 Å². The van der Waals surface area contributed by atoms with Crippen LogP contribution in [0.25, 0.3) is 0 Å². The number of hydrogen-bond donors (Lipinski definition) is 1. The molecule has 2 fully saturated rings. The van der Waals surface area contributed by atoms with Crippen LogP contribution in [0.2, 0.25) is 0 Å². The maximum absolute atomic E-state index is 11.2. The van der Waals surface area contributed by atoms with Gasteiger partial charge in [0.1, 0.15) is 0 Å². The predicted molar refractivity (Wildman–Crippen MR) is 87.0 cm³/mol. The van der Waals surface area contributed by atoms with Gasteiger partial charge in [0.05, 0.1) is 5.60 Å². The Morgan fingerprint density at radius 2 is 1.86 bits per heavy atom. The standard InChI is InChI=1S/C19H29NO/c1-16-8-10-18(11-9-16)19(21)12-5-13-20(15-19)14-17-6-3-2-4-7-17/h2-4,6-7,16,18,21H,5,8-15H2,1H3. The molecule has 0 radical (unpaired) electrons. The van der Waals surface area contributed by atoms with Crippen LogP contribution in [0.1, 0.15) is 51.0 Å². The van der Waals surface area contributed by atoms with Gasteiger partial charge < -0.3 is 5.11 Å². The average Bonchev–Trinajstić information content (AvgIpc) is 2.49. The molecule has 3 rings (SSSR count). The molecule has 1 saturated heterocycles. The number of hydrogen-bond acceptors (Lipinski definition) is 2. The lowest BCUT2D eigenvalue weighted by Crippen LogP contribution is -2.52. The molecule has 2 aliphatic rings. The largest absolute Gasteiger partial charge is 0.388 e. The number of aliphatic hydroxyl groups is 1. The maximum Gasteiger partial charge on any atom is 0.0802 e. The predicted octanol–water partition coefficient (Wildman–Crippen LogP) is 3.84. The van der Waals surface area contributed by atoms with Crippen molar-refractivity contribution in [1.82, 2.24) is 4.90 Å². The summed E-state index contributed by atoms with van der Waals surface area (Å²) in [6.45, 7) is 5.32. The van der Waals surface area contributed by atoms with Crippen molar-refractivity contribution in [1.29, 1.82) is 0 Å². The van der Waals surface area contributed by atoms with E-state index in [1.165, 1.54) is 31.2 Å². The van der Waals surface area contributed by atoms with Crippen LogP contribution in [0.4, 0.5) is 0 Å². The Morgan fingerprint density at radius 3 is 2.57 bits per heavy atom. The molecule has 1 saturated carbocycles. The van der Waals surface area contributed by atoms with Crippen LogP contribution >= 0.6 is 0 Å². The van der Waals surface area contributed by atoms with E-state index in [1.54, 1.807) is 0 Å². The van der Waals surface area contributed by atoms with E-state index in [1.807, 2.05) is 0 Å². The molecule has 1 aliphatic heterocycles. The summed E-state index contributed by atoms with van der Waals surface area (Å²) in [5, 5.41) is 11.2. The summed E-state index contributed by atoms with van der Waals surface area (Å²) in [6.07, 6.45) is 7.16. The molecule has 0 amide bonds. The van der Waals surface area contributed by atoms with E-state index in [-0.39, 0.29) is 0 Å². The van der Waals surface area contributed by atoms with Crippen LogP contribution in [0.3, 0.4) is 0 Å². The van der Waals surface area contributed by atoms with Crippen LogP contribution in [-0.2, 0) is 6.54 Å². The summed E-state index contributed by atoms with van der Waals surface area (Å²) in [7, 11) is 0. The molecule has 1 unspecified atom stereocenters. The third-order valence-corrected chi connectivity index (χ3v) is 5.61. The van der Waals surface area contributed by atoms with E-state index in [9.17, 15) is 5.11 Å².